The average Bonchev–Trinajstić information content (AvgIpc) is 2.65. The van der Waals surface area contributed by atoms with E-state index in [4.69, 9.17) is 10.5 Å². The zero-order valence-electron chi connectivity index (χ0n) is 9.10. The van der Waals surface area contributed by atoms with Crippen LogP contribution >= 0.6 is 11.3 Å². The van der Waals surface area contributed by atoms with Crippen LogP contribution in [-0.4, -0.2) is 12.0 Å². The van der Waals surface area contributed by atoms with Gasteiger partial charge in [0, 0.05) is 4.88 Å². The molecule has 0 amide bonds. The number of ether oxygens (including phenoxy) is 1. The summed E-state index contributed by atoms with van der Waals surface area (Å²) in [5, 5.41) is 1.96. The minimum atomic E-state index is -0.495. The van der Waals surface area contributed by atoms with Crippen molar-refractivity contribution in [3.8, 4) is 0 Å². The monoisotopic (exact) mass is 227 g/mol. The predicted molar refractivity (Wildman–Crippen MR) is 61.5 cm³/mol. The molecule has 0 bridgehead atoms. The smallest absolute Gasteiger partial charge is 0.323 e. The second-order valence-electron chi connectivity index (χ2n) is 3.92. The predicted octanol–water partition coefficient (Wildman–Crippen LogP) is 2.16. The van der Waals surface area contributed by atoms with Gasteiger partial charge in [0.2, 0.25) is 0 Å². The fraction of sp³-hybridized carbons (Fsp3) is 0.545. The largest absolute Gasteiger partial charge is 0.459 e. The van der Waals surface area contributed by atoms with Crippen molar-refractivity contribution >= 4 is 17.3 Å². The molecule has 0 aromatic carbocycles. The second-order valence-corrected chi connectivity index (χ2v) is 4.96. The molecule has 84 valence electrons. The van der Waals surface area contributed by atoms with Crippen LogP contribution in [0.2, 0.25) is 0 Å². The summed E-state index contributed by atoms with van der Waals surface area (Å²) in [6, 6.07) is 3.37. The van der Waals surface area contributed by atoms with Crippen molar-refractivity contribution < 1.29 is 9.53 Å². The molecule has 0 aliphatic heterocycles. The maximum atomic E-state index is 11.4. The normalized spacial score (nSPS) is 12.8. The van der Waals surface area contributed by atoms with Gasteiger partial charge < -0.3 is 10.5 Å². The molecule has 3 nitrogen and oxygen atoms in total. The van der Waals surface area contributed by atoms with E-state index in [-0.39, 0.29) is 5.97 Å². The molecule has 0 radical (unpaired) electrons. The van der Waals surface area contributed by atoms with Crippen molar-refractivity contribution in [3.05, 3.63) is 22.4 Å². The lowest BCUT2D eigenvalue weighted by molar-refractivity contribution is -0.146. The van der Waals surface area contributed by atoms with Gasteiger partial charge in [-0.3, -0.25) is 4.79 Å². The molecule has 2 N–H and O–H groups in total. The highest BCUT2D eigenvalue weighted by Gasteiger charge is 2.16. The third kappa shape index (κ3) is 4.44. The minimum Gasteiger partial charge on any atom is -0.459 e. The van der Waals surface area contributed by atoms with E-state index < -0.39 is 6.04 Å². The Morgan fingerprint density at radius 2 is 2.33 bits per heavy atom. The van der Waals surface area contributed by atoms with Gasteiger partial charge in [0.25, 0.3) is 0 Å². The quantitative estimate of drug-likeness (QED) is 0.784. The van der Waals surface area contributed by atoms with Crippen molar-refractivity contribution in [2.45, 2.75) is 32.9 Å². The van der Waals surface area contributed by atoms with E-state index >= 15 is 0 Å². The van der Waals surface area contributed by atoms with Crippen molar-refractivity contribution in [1.82, 2.24) is 0 Å². The van der Waals surface area contributed by atoms with Crippen molar-refractivity contribution in [1.29, 1.82) is 0 Å². The Hall–Kier alpha value is -0.870. The number of rotatable bonds is 5. The second kappa shape index (κ2) is 5.88. The fourth-order valence-corrected chi connectivity index (χ4v) is 1.86. The standard InChI is InChI=1S/C11H17NO2S/c1-8(2)6-10(12)11(13)14-7-9-4-3-5-15-9/h3-5,8,10H,6-7,12H2,1-2H3/t10-/m0/s1. The van der Waals surface area contributed by atoms with E-state index in [1.54, 1.807) is 11.3 Å². The molecule has 0 unspecified atom stereocenters. The molecular formula is C11H17NO2S. The highest BCUT2D eigenvalue weighted by atomic mass is 32.1. The highest BCUT2D eigenvalue weighted by Crippen LogP contribution is 2.11. The molecule has 1 aromatic rings. The van der Waals surface area contributed by atoms with Crippen LogP contribution in [0.25, 0.3) is 0 Å². The van der Waals surface area contributed by atoms with Crippen molar-refractivity contribution in [2.24, 2.45) is 11.7 Å². The van der Waals surface area contributed by atoms with Crippen LogP contribution in [0.4, 0.5) is 0 Å². The Balaban J connectivity index is 2.29. The molecule has 0 fully saturated rings. The maximum absolute atomic E-state index is 11.4. The third-order valence-corrected chi connectivity index (χ3v) is 2.81. The third-order valence-electron chi connectivity index (χ3n) is 1.96. The lowest BCUT2D eigenvalue weighted by Crippen LogP contribution is -2.33. The lowest BCUT2D eigenvalue weighted by atomic mass is 10.1. The van der Waals surface area contributed by atoms with E-state index in [0.29, 0.717) is 18.9 Å². The van der Waals surface area contributed by atoms with Gasteiger partial charge in [-0.15, -0.1) is 11.3 Å². The Morgan fingerprint density at radius 3 is 2.87 bits per heavy atom. The number of carbonyl (C=O) groups excluding carboxylic acids is 1. The van der Waals surface area contributed by atoms with E-state index in [0.717, 1.165) is 4.88 Å². The summed E-state index contributed by atoms with van der Waals surface area (Å²) >= 11 is 1.57. The van der Waals surface area contributed by atoms with Crippen molar-refractivity contribution in [2.75, 3.05) is 0 Å². The number of nitrogens with two attached hydrogens (primary N) is 1. The lowest BCUT2D eigenvalue weighted by Gasteiger charge is -2.12. The Bertz CT molecular complexity index is 296. The van der Waals surface area contributed by atoms with E-state index in [1.807, 2.05) is 31.4 Å². The van der Waals surface area contributed by atoms with Crippen LogP contribution in [-0.2, 0) is 16.1 Å². The molecule has 0 spiro atoms. The molecule has 0 aliphatic rings. The van der Waals surface area contributed by atoms with Gasteiger partial charge in [0.1, 0.15) is 12.6 Å². The first kappa shape index (κ1) is 12.2. The number of hydrogen-bond donors (Lipinski definition) is 1. The van der Waals surface area contributed by atoms with E-state index in [2.05, 4.69) is 0 Å². The molecule has 0 aliphatic carbocycles. The van der Waals surface area contributed by atoms with Crippen LogP contribution in [0.15, 0.2) is 17.5 Å². The number of carbonyl (C=O) groups is 1. The van der Waals surface area contributed by atoms with Crippen LogP contribution in [0, 0.1) is 5.92 Å². The molecule has 1 aromatic heterocycles. The van der Waals surface area contributed by atoms with Gasteiger partial charge >= 0.3 is 5.97 Å². The van der Waals surface area contributed by atoms with Crippen LogP contribution in [0.5, 0.6) is 0 Å². The Labute approximate surface area is 94.2 Å². The van der Waals surface area contributed by atoms with Gasteiger partial charge in [-0.25, -0.2) is 0 Å². The SMILES string of the molecule is CC(C)C[C@H](N)C(=O)OCc1cccs1. The van der Waals surface area contributed by atoms with Crippen LogP contribution in [0.3, 0.4) is 0 Å². The zero-order valence-corrected chi connectivity index (χ0v) is 9.92. The number of esters is 1. The first-order valence-corrected chi connectivity index (χ1v) is 5.92. The molecular weight excluding hydrogens is 210 g/mol. The molecule has 0 saturated carbocycles. The average molecular weight is 227 g/mol. The molecule has 4 heteroatoms. The summed E-state index contributed by atoms with van der Waals surface area (Å²) in [7, 11) is 0. The highest BCUT2D eigenvalue weighted by molar-refractivity contribution is 7.09. The van der Waals surface area contributed by atoms with Crippen LogP contribution < -0.4 is 5.73 Å². The van der Waals surface area contributed by atoms with Gasteiger partial charge in [-0.05, 0) is 23.8 Å². The summed E-state index contributed by atoms with van der Waals surface area (Å²) in [6.07, 6.45) is 0.670. The van der Waals surface area contributed by atoms with Gasteiger partial charge in [0.05, 0.1) is 0 Å². The Kier molecular flexibility index (Phi) is 4.78. The molecule has 1 heterocycles. The molecule has 1 rings (SSSR count). The number of thiophene rings is 1. The van der Waals surface area contributed by atoms with Gasteiger partial charge in [-0.2, -0.15) is 0 Å². The fourth-order valence-electron chi connectivity index (χ4n) is 1.25. The minimum absolute atomic E-state index is 0.308. The van der Waals surface area contributed by atoms with Crippen molar-refractivity contribution in [3.63, 3.8) is 0 Å². The maximum Gasteiger partial charge on any atom is 0.323 e. The first-order chi connectivity index (χ1) is 7.09. The van der Waals surface area contributed by atoms with Crippen LogP contribution in [0.1, 0.15) is 25.1 Å². The zero-order chi connectivity index (χ0) is 11.3. The van der Waals surface area contributed by atoms with Gasteiger partial charge in [-0.1, -0.05) is 19.9 Å². The van der Waals surface area contributed by atoms with E-state index in [1.165, 1.54) is 0 Å². The summed E-state index contributed by atoms with van der Waals surface area (Å²) in [4.78, 5) is 12.5. The summed E-state index contributed by atoms with van der Waals surface area (Å²) in [5.74, 6) is 0.103. The molecule has 1 atom stereocenters. The Morgan fingerprint density at radius 1 is 1.60 bits per heavy atom. The molecule has 15 heavy (non-hydrogen) atoms. The summed E-state index contributed by atoms with van der Waals surface area (Å²) in [6.45, 7) is 4.40. The number of hydrogen-bond acceptors (Lipinski definition) is 4. The summed E-state index contributed by atoms with van der Waals surface area (Å²) in [5.41, 5.74) is 5.69. The first-order valence-electron chi connectivity index (χ1n) is 5.04. The van der Waals surface area contributed by atoms with Gasteiger partial charge in [0.15, 0.2) is 0 Å². The topological polar surface area (TPSA) is 52.3 Å². The summed E-state index contributed by atoms with van der Waals surface area (Å²) < 4.78 is 5.10. The molecule has 0 saturated heterocycles. The van der Waals surface area contributed by atoms with E-state index in [9.17, 15) is 4.79 Å².